The Balaban J connectivity index is 2.29. The quantitative estimate of drug-likeness (QED) is 0.436. The zero-order valence-corrected chi connectivity index (χ0v) is 15.0. The number of benzene rings is 1. The number of esters is 1. The largest absolute Gasteiger partial charge is 0.500 e. The lowest BCUT2D eigenvalue weighted by atomic mass is 10.2. The van der Waals surface area contributed by atoms with Crippen LogP contribution in [0.1, 0.15) is 19.4 Å². The monoisotopic (exact) mass is 346 g/mol. The van der Waals surface area contributed by atoms with Gasteiger partial charge in [-0.15, -0.1) is 5.10 Å². The highest BCUT2D eigenvalue weighted by atomic mass is 16.6. The van der Waals surface area contributed by atoms with Gasteiger partial charge in [-0.1, -0.05) is 6.07 Å². The molecule has 0 atom stereocenters. The highest BCUT2D eigenvalue weighted by Crippen LogP contribution is 2.25. The molecule has 7 heteroatoms. The van der Waals surface area contributed by atoms with Gasteiger partial charge in [0.15, 0.2) is 0 Å². The van der Waals surface area contributed by atoms with Crippen molar-refractivity contribution in [1.29, 1.82) is 0 Å². The highest BCUT2D eigenvalue weighted by Gasteiger charge is 2.15. The number of hydrogen-bond acceptors (Lipinski definition) is 6. The molecule has 0 N–H and O–H groups in total. The molecule has 0 aliphatic carbocycles. The van der Waals surface area contributed by atoms with Crippen molar-refractivity contribution in [2.24, 2.45) is 0 Å². The number of methoxy groups -OCH3 is 2. The maximum atomic E-state index is 11.7. The van der Waals surface area contributed by atoms with E-state index < -0.39 is 5.97 Å². The SMILES string of the molecule is CO/C=C(\Oc1cc(-n2ccc(OC(C)C)n2)ccc1C)C(=O)OC. The summed E-state index contributed by atoms with van der Waals surface area (Å²) in [6.07, 6.45) is 3.03. The van der Waals surface area contributed by atoms with E-state index in [9.17, 15) is 4.79 Å². The molecule has 0 amide bonds. The molecule has 0 radical (unpaired) electrons. The third kappa shape index (κ3) is 4.76. The minimum absolute atomic E-state index is 0.0436. The van der Waals surface area contributed by atoms with Crippen LogP contribution in [0.15, 0.2) is 42.5 Å². The molecule has 0 bridgehead atoms. The maximum absolute atomic E-state index is 11.7. The number of ether oxygens (including phenoxy) is 4. The molecule has 2 rings (SSSR count). The van der Waals surface area contributed by atoms with Crippen molar-refractivity contribution in [1.82, 2.24) is 9.78 Å². The van der Waals surface area contributed by atoms with E-state index in [1.54, 1.807) is 23.0 Å². The van der Waals surface area contributed by atoms with Crippen LogP contribution in [0.5, 0.6) is 11.6 Å². The van der Waals surface area contributed by atoms with Crippen LogP contribution < -0.4 is 9.47 Å². The Hall–Kier alpha value is -2.96. The standard InChI is InChI=1S/C18H22N2O5/c1-12(2)24-17-8-9-20(19-17)14-7-6-13(3)15(10-14)25-16(11-22-4)18(21)23-5/h6-12H,1-5H3/b16-11-. The molecule has 2 aromatic rings. The van der Waals surface area contributed by atoms with Crippen LogP contribution in [0.3, 0.4) is 0 Å². The number of aryl methyl sites for hydroxylation is 1. The van der Waals surface area contributed by atoms with Crippen LogP contribution in [0.2, 0.25) is 0 Å². The first kappa shape index (κ1) is 18.4. The van der Waals surface area contributed by atoms with Gasteiger partial charge < -0.3 is 18.9 Å². The van der Waals surface area contributed by atoms with Crippen LogP contribution >= 0.6 is 0 Å². The molecule has 0 aliphatic heterocycles. The predicted molar refractivity (Wildman–Crippen MR) is 91.8 cm³/mol. The highest BCUT2D eigenvalue weighted by molar-refractivity contribution is 5.86. The molecule has 1 heterocycles. The second kappa shape index (κ2) is 8.23. The number of carbonyl (C=O) groups excluding carboxylic acids is 1. The van der Waals surface area contributed by atoms with E-state index in [4.69, 9.17) is 14.2 Å². The molecule has 0 saturated carbocycles. The Labute approximate surface area is 146 Å². The molecule has 1 aromatic carbocycles. The van der Waals surface area contributed by atoms with E-state index >= 15 is 0 Å². The van der Waals surface area contributed by atoms with Gasteiger partial charge in [0.2, 0.25) is 11.6 Å². The molecular formula is C18H22N2O5. The second-order valence-corrected chi connectivity index (χ2v) is 5.53. The molecule has 25 heavy (non-hydrogen) atoms. The van der Waals surface area contributed by atoms with Gasteiger partial charge >= 0.3 is 5.97 Å². The lowest BCUT2D eigenvalue weighted by molar-refractivity contribution is -0.138. The molecule has 134 valence electrons. The predicted octanol–water partition coefficient (Wildman–Crippen LogP) is 3.01. The number of hydrogen-bond donors (Lipinski definition) is 0. The molecule has 1 aromatic heterocycles. The summed E-state index contributed by atoms with van der Waals surface area (Å²) in [5, 5.41) is 4.37. The lowest BCUT2D eigenvalue weighted by Gasteiger charge is -2.12. The Morgan fingerprint density at radius 1 is 1.24 bits per heavy atom. The van der Waals surface area contributed by atoms with Gasteiger partial charge in [-0.2, -0.15) is 0 Å². The summed E-state index contributed by atoms with van der Waals surface area (Å²) in [6.45, 7) is 5.75. The Kier molecular flexibility index (Phi) is 6.05. The summed E-state index contributed by atoms with van der Waals surface area (Å²) in [7, 11) is 2.70. The molecular weight excluding hydrogens is 324 g/mol. The molecule has 0 fully saturated rings. The molecule has 0 unspecified atom stereocenters. The van der Waals surface area contributed by atoms with E-state index in [0.717, 1.165) is 11.3 Å². The van der Waals surface area contributed by atoms with Gasteiger partial charge in [0.1, 0.15) is 12.0 Å². The van der Waals surface area contributed by atoms with Crippen molar-refractivity contribution < 1.29 is 23.7 Å². The Morgan fingerprint density at radius 3 is 2.64 bits per heavy atom. The van der Waals surface area contributed by atoms with Gasteiger partial charge in [-0.3, -0.25) is 0 Å². The van der Waals surface area contributed by atoms with E-state index in [1.807, 2.05) is 32.9 Å². The van der Waals surface area contributed by atoms with Gasteiger partial charge in [-0.25, -0.2) is 9.48 Å². The molecule has 0 saturated heterocycles. The van der Waals surface area contributed by atoms with Gasteiger partial charge in [0, 0.05) is 18.3 Å². The summed E-state index contributed by atoms with van der Waals surface area (Å²) in [4.78, 5) is 11.7. The fourth-order valence-electron chi connectivity index (χ4n) is 2.04. The van der Waals surface area contributed by atoms with Crippen LogP contribution in [-0.2, 0) is 14.3 Å². The van der Waals surface area contributed by atoms with Crippen LogP contribution in [0.25, 0.3) is 5.69 Å². The summed E-state index contributed by atoms with van der Waals surface area (Å²) in [6, 6.07) is 7.32. The van der Waals surface area contributed by atoms with Crippen molar-refractivity contribution in [2.75, 3.05) is 14.2 Å². The lowest BCUT2D eigenvalue weighted by Crippen LogP contribution is -2.12. The van der Waals surface area contributed by atoms with Gasteiger partial charge in [-0.05, 0) is 32.4 Å². The van der Waals surface area contributed by atoms with Crippen molar-refractivity contribution in [3.8, 4) is 17.3 Å². The molecule has 0 aliphatic rings. The minimum Gasteiger partial charge on any atom is -0.500 e. The molecule has 7 nitrogen and oxygen atoms in total. The topological polar surface area (TPSA) is 71.8 Å². The summed E-state index contributed by atoms with van der Waals surface area (Å²) < 4.78 is 22.5. The zero-order chi connectivity index (χ0) is 18.4. The number of rotatable bonds is 7. The van der Waals surface area contributed by atoms with Crippen LogP contribution in [-0.4, -0.2) is 36.1 Å². The van der Waals surface area contributed by atoms with Crippen LogP contribution in [0.4, 0.5) is 0 Å². The third-order valence-corrected chi connectivity index (χ3v) is 3.19. The van der Waals surface area contributed by atoms with Crippen molar-refractivity contribution in [3.05, 3.63) is 48.0 Å². The molecule has 0 spiro atoms. The fraction of sp³-hybridized carbons (Fsp3) is 0.333. The first-order valence-electron chi connectivity index (χ1n) is 7.77. The second-order valence-electron chi connectivity index (χ2n) is 5.53. The number of aromatic nitrogens is 2. The normalized spacial score (nSPS) is 11.4. The first-order chi connectivity index (χ1) is 11.9. The average Bonchev–Trinajstić information content (AvgIpc) is 3.03. The third-order valence-electron chi connectivity index (χ3n) is 3.19. The summed E-state index contributed by atoms with van der Waals surface area (Å²) >= 11 is 0. The Morgan fingerprint density at radius 2 is 2.00 bits per heavy atom. The van der Waals surface area contributed by atoms with E-state index in [-0.39, 0.29) is 11.9 Å². The number of nitrogens with zero attached hydrogens (tertiary/aromatic N) is 2. The van der Waals surface area contributed by atoms with E-state index in [0.29, 0.717) is 11.6 Å². The summed E-state index contributed by atoms with van der Waals surface area (Å²) in [5.74, 6) is 0.355. The smallest absolute Gasteiger partial charge is 0.377 e. The van der Waals surface area contributed by atoms with Crippen LogP contribution in [0, 0.1) is 6.92 Å². The minimum atomic E-state index is -0.627. The van der Waals surface area contributed by atoms with Crippen molar-refractivity contribution in [3.63, 3.8) is 0 Å². The van der Waals surface area contributed by atoms with E-state index in [2.05, 4.69) is 9.84 Å². The van der Waals surface area contributed by atoms with Gasteiger partial charge in [0.05, 0.1) is 26.0 Å². The zero-order valence-electron chi connectivity index (χ0n) is 15.0. The Bertz CT molecular complexity index is 765. The fourth-order valence-corrected chi connectivity index (χ4v) is 2.04. The van der Waals surface area contributed by atoms with E-state index in [1.165, 1.54) is 20.5 Å². The van der Waals surface area contributed by atoms with Crippen molar-refractivity contribution in [2.45, 2.75) is 26.9 Å². The van der Waals surface area contributed by atoms with Crippen molar-refractivity contribution >= 4 is 5.97 Å². The first-order valence-corrected chi connectivity index (χ1v) is 7.77. The van der Waals surface area contributed by atoms with Gasteiger partial charge in [0.25, 0.3) is 0 Å². The number of carbonyl (C=O) groups is 1. The summed E-state index contributed by atoms with van der Waals surface area (Å²) in [5.41, 5.74) is 1.61. The average molecular weight is 346 g/mol. The maximum Gasteiger partial charge on any atom is 0.377 e.